The van der Waals surface area contributed by atoms with Gasteiger partial charge in [0.05, 0.1) is 33.7 Å². The number of para-hydroxylation sites is 3. The summed E-state index contributed by atoms with van der Waals surface area (Å²) < 4.78 is 7.28. The van der Waals surface area contributed by atoms with E-state index in [1.165, 1.54) is 58.8 Å². The van der Waals surface area contributed by atoms with Gasteiger partial charge in [0.2, 0.25) is 0 Å². The van der Waals surface area contributed by atoms with Gasteiger partial charge in [-0.15, -0.1) is 11.3 Å². The van der Waals surface area contributed by atoms with E-state index in [0.717, 1.165) is 27.5 Å². The average molecular weight is 616 g/mol. The van der Waals surface area contributed by atoms with Crippen LogP contribution in [0.25, 0.3) is 86.3 Å². The van der Waals surface area contributed by atoms with Gasteiger partial charge in [-0.2, -0.15) is 5.26 Å². The Labute approximate surface area is 274 Å². The SMILES string of the molecule is N#Cc1ccc2c(c1)c1ccccc1n2-c1cccc(-c2ccc3sc4ccc(-n5c6ccccc6c6ccccc65)cc4c3c2)c1. The van der Waals surface area contributed by atoms with E-state index in [0.29, 0.717) is 5.56 Å². The van der Waals surface area contributed by atoms with Gasteiger partial charge in [-0.1, -0.05) is 72.8 Å². The Morgan fingerprint density at radius 3 is 1.64 bits per heavy atom. The van der Waals surface area contributed by atoms with Crippen molar-refractivity contribution < 1.29 is 0 Å². The van der Waals surface area contributed by atoms with Crippen LogP contribution in [-0.2, 0) is 0 Å². The monoisotopic (exact) mass is 615 g/mol. The van der Waals surface area contributed by atoms with E-state index in [4.69, 9.17) is 0 Å². The second kappa shape index (κ2) is 9.92. The molecule has 47 heavy (non-hydrogen) atoms. The lowest BCUT2D eigenvalue weighted by Gasteiger charge is -2.11. The van der Waals surface area contributed by atoms with Crippen molar-refractivity contribution in [2.75, 3.05) is 0 Å². The molecular weight excluding hydrogens is 591 g/mol. The van der Waals surface area contributed by atoms with Crippen LogP contribution >= 0.6 is 11.3 Å². The zero-order valence-corrected chi connectivity index (χ0v) is 26.0. The zero-order chi connectivity index (χ0) is 31.1. The molecule has 0 N–H and O–H groups in total. The van der Waals surface area contributed by atoms with Crippen LogP contribution in [0.5, 0.6) is 0 Å². The molecule has 0 spiro atoms. The fraction of sp³-hybridized carbons (Fsp3) is 0. The van der Waals surface area contributed by atoms with E-state index in [1.807, 2.05) is 23.5 Å². The Balaban J connectivity index is 1.14. The van der Waals surface area contributed by atoms with Gasteiger partial charge in [-0.25, -0.2) is 0 Å². The number of hydrogen-bond donors (Lipinski definition) is 0. The fourth-order valence-electron chi connectivity index (χ4n) is 7.43. The van der Waals surface area contributed by atoms with Crippen LogP contribution < -0.4 is 0 Å². The number of benzene rings is 7. The van der Waals surface area contributed by atoms with Crippen LogP contribution in [0.1, 0.15) is 5.56 Å². The molecule has 0 bridgehead atoms. The minimum atomic E-state index is 0.673. The first-order valence-corrected chi connectivity index (χ1v) is 16.6. The van der Waals surface area contributed by atoms with Crippen molar-refractivity contribution in [2.45, 2.75) is 0 Å². The lowest BCUT2D eigenvalue weighted by molar-refractivity contribution is 1.18. The lowest BCUT2D eigenvalue weighted by atomic mass is 10.0. The Bertz CT molecular complexity index is 2880. The van der Waals surface area contributed by atoms with Gasteiger partial charge in [0.25, 0.3) is 0 Å². The maximum Gasteiger partial charge on any atom is 0.0991 e. The highest BCUT2D eigenvalue weighted by Gasteiger charge is 2.16. The number of nitrogens with zero attached hydrogens (tertiary/aromatic N) is 3. The fourth-order valence-corrected chi connectivity index (χ4v) is 8.50. The molecule has 3 nitrogen and oxygen atoms in total. The van der Waals surface area contributed by atoms with E-state index in [9.17, 15) is 5.26 Å². The van der Waals surface area contributed by atoms with E-state index < -0.39 is 0 Å². The second-order valence-electron chi connectivity index (χ2n) is 12.1. The molecule has 3 aromatic heterocycles. The van der Waals surface area contributed by atoms with Gasteiger partial charge in [0.1, 0.15) is 0 Å². The molecule has 0 saturated heterocycles. The quantitative estimate of drug-likeness (QED) is 0.195. The molecule has 0 saturated carbocycles. The van der Waals surface area contributed by atoms with Gasteiger partial charge >= 0.3 is 0 Å². The molecule has 4 heteroatoms. The minimum absolute atomic E-state index is 0.673. The van der Waals surface area contributed by atoms with Gasteiger partial charge in [-0.3, -0.25) is 0 Å². The summed E-state index contributed by atoms with van der Waals surface area (Å²) in [5.74, 6) is 0. The summed E-state index contributed by atoms with van der Waals surface area (Å²) >= 11 is 1.85. The molecule has 0 atom stereocenters. The number of thiophene rings is 1. The van der Waals surface area contributed by atoms with E-state index in [-0.39, 0.29) is 0 Å². The second-order valence-corrected chi connectivity index (χ2v) is 13.2. The Morgan fingerprint density at radius 2 is 0.957 bits per heavy atom. The van der Waals surface area contributed by atoms with E-state index in [1.54, 1.807) is 0 Å². The summed E-state index contributed by atoms with van der Waals surface area (Å²) in [5, 5.41) is 16.9. The van der Waals surface area contributed by atoms with Crippen LogP contribution in [-0.4, -0.2) is 9.13 Å². The predicted octanol–water partition coefficient (Wildman–Crippen LogP) is 11.8. The normalized spacial score (nSPS) is 11.8. The predicted molar refractivity (Wildman–Crippen MR) is 198 cm³/mol. The molecule has 10 rings (SSSR count). The smallest absolute Gasteiger partial charge is 0.0991 e. The highest BCUT2D eigenvalue weighted by molar-refractivity contribution is 7.25. The molecule has 0 aliphatic heterocycles. The maximum atomic E-state index is 9.57. The van der Waals surface area contributed by atoms with Crippen molar-refractivity contribution in [3.8, 4) is 28.6 Å². The maximum absolute atomic E-state index is 9.57. The summed E-state index contributed by atoms with van der Waals surface area (Å²) in [6.45, 7) is 0. The molecule has 0 unspecified atom stereocenters. The van der Waals surface area contributed by atoms with Crippen molar-refractivity contribution in [2.24, 2.45) is 0 Å². The average Bonchev–Trinajstić information content (AvgIpc) is 3.78. The summed E-state index contributed by atoms with van der Waals surface area (Å²) in [6, 6.07) is 56.7. The Hall–Kier alpha value is -6.15. The molecule has 218 valence electrons. The summed E-state index contributed by atoms with van der Waals surface area (Å²) in [7, 11) is 0. The van der Waals surface area contributed by atoms with Gasteiger partial charge < -0.3 is 9.13 Å². The number of hydrogen-bond acceptors (Lipinski definition) is 2. The molecule has 10 aromatic rings. The summed E-state index contributed by atoms with van der Waals surface area (Å²) in [6.07, 6.45) is 0. The summed E-state index contributed by atoms with van der Waals surface area (Å²) in [5.41, 5.74) is 9.97. The van der Waals surface area contributed by atoms with Crippen molar-refractivity contribution in [3.05, 3.63) is 157 Å². The van der Waals surface area contributed by atoms with E-state index >= 15 is 0 Å². The zero-order valence-electron chi connectivity index (χ0n) is 25.2. The summed E-state index contributed by atoms with van der Waals surface area (Å²) in [4.78, 5) is 0. The molecule has 3 heterocycles. The highest BCUT2D eigenvalue weighted by Crippen LogP contribution is 2.40. The lowest BCUT2D eigenvalue weighted by Crippen LogP contribution is -1.94. The molecule has 0 aliphatic carbocycles. The first-order chi connectivity index (χ1) is 23.2. The Kier molecular flexibility index (Phi) is 5.51. The largest absolute Gasteiger partial charge is 0.309 e. The van der Waals surface area contributed by atoms with Crippen LogP contribution in [0, 0.1) is 11.3 Å². The van der Waals surface area contributed by atoms with Gasteiger partial charge in [0.15, 0.2) is 0 Å². The highest BCUT2D eigenvalue weighted by atomic mass is 32.1. The standard InChI is InChI=1S/C43H25N3S/c44-26-27-16-19-41-35(22-27)34-12-3-6-15-40(34)45(41)30-9-7-8-28(23-30)29-17-20-42-36(24-29)37-25-31(18-21-43(37)47-42)46-38-13-4-1-10-32(38)33-11-2-5-14-39(33)46/h1-25H. The van der Waals surface area contributed by atoms with Crippen molar-refractivity contribution in [1.82, 2.24) is 9.13 Å². The van der Waals surface area contributed by atoms with Gasteiger partial charge in [0, 0.05) is 53.1 Å². The number of aromatic nitrogens is 2. The van der Waals surface area contributed by atoms with Crippen LogP contribution in [0.4, 0.5) is 0 Å². The minimum Gasteiger partial charge on any atom is -0.309 e. The van der Waals surface area contributed by atoms with Crippen molar-refractivity contribution >= 4 is 75.1 Å². The molecule has 0 aliphatic rings. The van der Waals surface area contributed by atoms with E-state index in [2.05, 4.69) is 155 Å². The molecule has 0 amide bonds. The van der Waals surface area contributed by atoms with Crippen LogP contribution in [0.2, 0.25) is 0 Å². The molecule has 7 aromatic carbocycles. The third-order valence-corrected chi connectivity index (χ3v) is 10.7. The molecular formula is C43H25N3S. The van der Waals surface area contributed by atoms with Crippen molar-refractivity contribution in [3.63, 3.8) is 0 Å². The number of fused-ring (bicyclic) bond motifs is 9. The molecule has 0 fully saturated rings. The van der Waals surface area contributed by atoms with Gasteiger partial charge in [-0.05, 0) is 90.0 Å². The number of nitriles is 1. The number of rotatable bonds is 3. The third kappa shape index (κ3) is 3.85. The first-order valence-electron chi connectivity index (χ1n) is 15.7. The topological polar surface area (TPSA) is 33.6 Å². The Morgan fingerprint density at radius 1 is 0.404 bits per heavy atom. The van der Waals surface area contributed by atoms with Crippen molar-refractivity contribution in [1.29, 1.82) is 5.26 Å². The molecule has 0 radical (unpaired) electrons. The third-order valence-electron chi connectivity index (χ3n) is 9.53. The van der Waals surface area contributed by atoms with Crippen LogP contribution in [0.3, 0.4) is 0 Å². The first kappa shape index (κ1) is 26.1. The van der Waals surface area contributed by atoms with Crippen LogP contribution in [0.15, 0.2) is 152 Å².